The molecule has 0 saturated carbocycles. The molecule has 4 nitrogen and oxygen atoms in total. The lowest BCUT2D eigenvalue weighted by molar-refractivity contribution is -0.162. The molecular formula is C23H29ClN2O2. The summed E-state index contributed by atoms with van der Waals surface area (Å²) < 4.78 is 4.90. The first-order valence-corrected chi connectivity index (χ1v) is 10.1. The SMILES string of the molecule is CCC(Nc1cccc(CN2CC(C)(C(=O)OC)C2)c1)c1ccc(Cl)c(C)c1. The Morgan fingerprint density at radius 1 is 1.29 bits per heavy atom. The van der Waals surface area contributed by atoms with E-state index >= 15 is 0 Å². The number of carbonyl (C=O) groups excluding carboxylic acids is 1. The van der Waals surface area contributed by atoms with E-state index in [2.05, 4.69) is 53.5 Å². The van der Waals surface area contributed by atoms with Gasteiger partial charge in [0.25, 0.3) is 0 Å². The van der Waals surface area contributed by atoms with Gasteiger partial charge in [0.2, 0.25) is 0 Å². The highest BCUT2D eigenvalue weighted by atomic mass is 35.5. The van der Waals surface area contributed by atoms with Gasteiger partial charge >= 0.3 is 5.97 Å². The van der Waals surface area contributed by atoms with Gasteiger partial charge < -0.3 is 10.1 Å². The normalized spacial score (nSPS) is 16.9. The average Bonchev–Trinajstić information content (AvgIpc) is 2.66. The van der Waals surface area contributed by atoms with Crippen LogP contribution in [0.25, 0.3) is 0 Å². The van der Waals surface area contributed by atoms with Gasteiger partial charge in [-0.15, -0.1) is 0 Å². The van der Waals surface area contributed by atoms with Crippen LogP contribution in [0.5, 0.6) is 0 Å². The molecule has 1 heterocycles. The van der Waals surface area contributed by atoms with Crippen LogP contribution in [0, 0.1) is 12.3 Å². The molecule has 1 aliphatic rings. The summed E-state index contributed by atoms with van der Waals surface area (Å²) in [6, 6.07) is 15.0. The van der Waals surface area contributed by atoms with Crippen LogP contribution in [0.3, 0.4) is 0 Å². The summed E-state index contributed by atoms with van der Waals surface area (Å²) >= 11 is 6.17. The van der Waals surface area contributed by atoms with Gasteiger partial charge in [-0.2, -0.15) is 0 Å². The van der Waals surface area contributed by atoms with Crippen molar-refractivity contribution in [3.8, 4) is 0 Å². The Balaban J connectivity index is 1.64. The maximum Gasteiger partial charge on any atom is 0.314 e. The van der Waals surface area contributed by atoms with Crippen molar-refractivity contribution in [1.82, 2.24) is 4.90 Å². The molecule has 5 heteroatoms. The Morgan fingerprint density at radius 3 is 2.68 bits per heavy atom. The third-order valence-electron chi connectivity index (χ3n) is 5.49. The Hall–Kier alpha value is -2.04. The highest BCUT2D eigenvalue weighted by molar-refractivity contribution is 6.31. The quantitative estimate of drug-likeness (QED) is 0.648. The molecule has 0 aliphatic carbocycles. The number of halogens is 1. The molecule has 150 valence electrons. The number of hydrogen-bond donors (Lipinski definition) is 1. The van der Waals surface area contributed by atoms with Crippen molar-refractivity contribution in [3.05, 3.63) is 64.2 Å². The number of nitrogens with one attached hydrogen (secondary N) is 1. The van der Waals surface area contributed by atoms with Crippen LogP contribution in [0.4, 0.5) is 5.69 Å². The Bertz CT molecular complexity index is 846. The molecule has 0 radical (unpaired) electrons. The number of rotatable bonds is 7. The third kappa shape index (κ3) is 4.50. The lowest BCUT2D eigenvalue weighted by atomic mass is 9.82. The van der Waals surface area contributed by atoms with E-state index in [1.54, 1.807) is 0 Å². The molecule has 2 aromatic rings. The predicted octanol–water partition coefficient (Wildman–Crippen LogP) is 5.21. The Morgan fingerprint density at radius 2 is 2.04 bits per heavy atom. The molecule has 0 bridgehead atoms. The van der Waals surface area contributed by atoms with Gasteiger partial charge in [-0.1, -0.05) is 42.8 Å². The Kier molecular flexibility index (Phi) is 6.31. The molecule has 2 aromatic carbocycles. The van der Waals surface area contributed by atoms with E-state index in [9.17, 15) is 4.79 Å². The van der Waals surface area contributed by atoms with Crippen LogP contribution in [0.1, 0.15) is 43.0 Å². The average molecular weight is 401 g/mol. The van der Waals surface area contributed by atoms with Crippen LogP contribution in [-0.2, 0) is 16.1 Å². The number of esters is 1. The fraction of sp³-hybridized carbons (Fsp3) is 0.435. The number of nitrogens with zero attached hydrogens (tertiary/aromatic N) is 1. The maximum absolute atomic E-state index is 11.8. The zero-order chi connectivity index (χ0) is 20.3. The molecule has 28 heavy (non-hydrogen) atoms. The molecule has 1 N–H and O–H groups in total. The molecule has 3 rings (SSSR count). The number of carbonyl (C=O) groups is 1. The largest absolute Gasteiger partial charge is 0.469 e. The summed E-state index contributed by atoms with van der Waals surface area (Å²) in [4.78, 5) is 14.1. The standard InChI is InChI=1S/C23H29ClN2O2/c1-5-21(18-9-10-20(24)16(2)11-18)25-19-8-6-7-17(12-19)13-26-14-23(3,15-26)22(27)28-4/h6-12,21,25H,5,13-15H2,1-4H3. The van der Waals surface area contributed by atoms with Crippen molar-refractivity contribution in [2.24, 2.45) is 5.41 Å². The van der Waals surface area contributed by atoms with E-state index in [1.165, 1.54) is 18.2 Å². The number of aryl methyl sites for hydroxylation is 1. The molecule has 1 aliphatic heterocycles. The molecule has 1 atom stereocenters. The first-order valence-electron chi connectivity index (χ1n) is 9.77. The minimum absolute atomic E-state index is 0.122. The molecule has 0 aromatic heterocycles. The topological polar surface area (TPSA) is 41.6 Å². The zero-order valence-electron chi connectivity index (χ0n) is 17.1. The van der Waals surface area contributed by atoms with E-state index in [4.69, 9.17) is 16.3 Å². The summed E-state index contributed by atoms with van der Waals surface area (Å²) in [6.45, 7) is 8.48. The van der Waals surface area contributed by atoms with Gasteiger partial charge in [0.05, 0.1) is 18.6 Å². The van der Waals surface area contributed by atoms with Crippen molar-refractivity contribution in [3.63, 3.8) is 0 Å². The number of hydrogen-bond acceptors (Lipinski definition) is 4. The fourth-order valence-electron chi connectivity index (χ4n) is 3.95. The van der Waals surface area contributed by atoms with Crippen LogP contribution < -0.4 is 5.32 Å². The highest BCUT2D eigenvalue weighted by Crippen LogP contribution is 2.33. The summed E-state index contributed by atoms with van der Waals surface area (Å²) in [5.74, 6) is -0.122. The van der Waals surface area contributed by atoms with Gasteiger partial charge in [0.15, 0.2) is 0 Å². The summed E-state index contributed by atoms with van der Waals surface area (Å²) in [6.07, 6.45) is 0.981. The Labute approximate surface area is 172 Å². The minimum atomic E-state index is -0.371. The molecule has 0 amide bonds. The first kappa shape index (κ1) is 20.7. The van der Waals surface area contributed by atoms with Crippen LogP contribution in [0.2, 0.25) is 5.02 Å². The van der Waals surface area contributed by atoms with Gasteiger partial charge in [-0.3, -0.25) is 9.69 Å². The zero-order valence-corrected chi connectivity index (χ0v) is 17.8. The molecule has 0 spiro atoms. The fourth-order valence-corrected chi connectivity index (χ4v) is 4.07. The van der Waals surface area contributed by atoms with E-state index in [1.807, 2.05) is 19.9 Å². The third-order valence-corrected chi connectivity index (χ3v) is 5.91. The van der Waals surface area contributed by atoms with E-state index in [-0.39, 0.29) is 17.4 Å². The van der Waals surface area contributed by atoms with Crippen molar-refractivity contribution in [1.29, 1.82) is 0 Å². The molecular weight excluding hydrogens is 372 g/mol. The van der Waals surface area contributed by atoms with Crippen molar-refractivity contribution in [2.45, 2.75) is 39.8 Å². The van der Waals surface area contributed by atoms with Gasteiger partial charge in [0, 0.05) is 30.3 Å². The number of methoxy groups -OCH3 is 1. The van der Waals surface area contributed by atoms with Gasteiger partial charge in [0.1, 0.15) is 0 Å². The molecule has 1 fully saturated rings. The number of anilines is 1. The van der Waals surface area contributed by atoms with Crippen molar-refractivity contribution < 1.29 is 9.53 Å². The summed E-state index contributed by atoms with van der Waals surface area (Å²) in [5, 5.41) is 4.45. The first-order chi connectivity index (χ1) is 13.3. The number of benzene rings is 2. The maximum atomic E-state index is 11.8. The summed E-state index contributed by atoms with van der Waals surface area (Å²) in [7, 11) is 1.46. The van der Waals surface area contributed by atoms with E-state index < -0.39 is 0 Å². The summed E-state index contributed by atoms with van der Waals surface area (Å²) in [5.41, 5.74) is 4.31. The molecule has 1 unspecified atom stereocenters. The van der Waals surface area contributed by atoms with E-state index in [0.717, 1.165) is 42.3 Å². The second kappa shape index (κ2) is 8.54. The second-order valence-corrected chi connectivity index (χ2v) is 8.42. The molecule has 1 saturated heterocycles. The van der Waals surface area contributed by atoms with Gasteiger partial charge in [-0.25, -0.2) is 0 Å². The van der Waals surface area contributed by atoms with E-state index in [0.29, 0.717) is 0 Å². The van der Waals surface area contributed by atoms with Crippen molar-refractivity contribution in [2.75, 3.05) is 25.5 Å². The predicted molar refractivity (Wildman–Crippen MR) is 115 cm³/mol. The lowest BCUT2D eigenvalue weighted by Gasteiger charge is -2.45. The van der Waals surface area contributed by atoms with Crippen molar-refractivity contribution >= 4 is 23.3 Å². The number of likely N-dealkylation sites (tertiary alicyclic amines) is 1. The smallest absolute Gasteiger partial charge is 0.314 e. The minimum Gasteiger partial charge on any atom is -0.469 e. The number of ether oxygens (including phenoxy) is 1. The lowest BCUT2D eigenvalue weighted by Crippen LogP contribution is -2.58. The monoisotopic (exact) mass is 400 g/mol. The van der Waals surface area contributed by atoms with Crippen LogP contribution >= 0.6 is 11.6 Å². The highest BCUT2D eigenvalue weighted by Gasteiger charge is 2.45. The van der Waals surface area contributed by atoms with Gasteiger partial charge in [-0.05, 0) is 55.2 Å². The second-order valence-electron chi connectivity index (χ2n) is 8.01. The van der Waals surface area contributed by atoms with Crippen LogP contribution in [-0.4, -0.2) is 31.1 Å². The van der Waals surface area contributed by atoms with Crippen LogP contribution in [0.15, 0.2) is 42.5 Å².